The normalized spacial score (nSPS) is 18.5. The Morgan fingerprint density at radius 3 is 2.62 bits per heavy atom. The Morgan fingerprint density at radius 2 is 2.00 bits per heavy atom. The minimum Gasteiger partial charge on any atom is -0.411 e. The van der Waals surface area contributed by atoms with E-state index in [1.54, 1.807) is 11.0 Å². The van der Waals surface area contributed by atoms with E-state index >= 15 is 0 Å². The van der Waals surface area contributed by atoms with Gasteiger partial charge >= 0.3 is 0 Å². The SMILES string of the molecule is CCc1ccc(C(=O)N2c3ccc(F)cc3/C(=N/O)CC2C)cc1. The lowest BCUT2D eigenvalue weighted by Gasteiger charge is -2.35. The van der Waals surface area contributed by atoms with Crippen molar-refractivity contribution < 1.29 is 14.4 Å². The van der Waals surface area contributed by atoms with E-state index in [2.05, 4.69) is 12.1 Å². The molecule has 3 rings (SSSR count). The lowest BCUT2D eigenvalue weighted by atomic mass is 9.93. The van der Waals surface area contributed by atoms with Crippen LogP contribution in [0.2, 0.25) is 0 Å². The van der Waals surface area contributed by atoms with Crippen LogP contribution in [-0.4, -0.2) is 22.9 Å². The first-order chi connectivity index (χ1) is 11.5. The van der Waals surface area contributed by atoms with Gasteiger partial charge in [-0.15, -0.1) is 0 Å². The van der Waals surface area contributed by atoms with E-state index in [9.17, 15) is 14.4 Å². The Labute approximate surface area is 140 Å². The summed E-state index contributed by atoms with van der Waals surface area (Å²) in [4.78, 5) is 14.6. The second kappa shape index (κ2) is 6.43. The predicted molar refractivity (Wildman–Crippen MR) is 91.4 cm³/mol. The number of hydrogen-bond acceptors (Lipinski definition) is 3. The van der Waals surface area contributed by atoms with E-state index in [0.29, 0.717) is 28.9 Å². The van der Waals surface area contributed by atoms with E-state index in [0.717, 1.165) is 12.0 Å². The molecule has 1 atom stereocenters. The minimum atomic E-state index is -0.427. The zero-order valence-electron chi connectivity index (χ0n) is 13.7. The van der Waals surface area contributed by atoms with Crippen molar-refractivity contribution in [2.24, 2.45) is 5.16 Å². The predicted octanol–water partition coefficient (Wildman–Crippen LogP) is 4.01. The maximum Gasteiger partial charge on any atom is 0.258 e. The van der Waals surface area contributed by atoms with Gasteiger partial charge in [-0.05, 0) is 49.2 Å². The van der Waals surface area contributed by atoms with Crippen LogP contribution in [0.1, 0.15) is 41.8 Å². The molecular formula is C19H19FN2O2. The number of benzene rings is 2. The van der Waals surface area contributed by atoms with Crippen LogP contribution in [0, 0.1) is 5.82 Å². The fraction of sp³-hybridized carbons (Fsp3) is 0.263. The highest BCUT2D eigenvalue weighted by atomic mass is 19.1. The van der Waals surface area contributed by atoms with Gasteiger partial charge in [-0.3, -0.25) is 4.79 Å². The third-order valence-corrected chi connectivity index (χ3v) is 4.41. The Morgan fingerprint density at radius 1 is 1.29 bits per heavy atom. The first-order valence-electron chi connectivity index (χ1n) is 7.98. The number of amides is 1. The number of fused-ring (bicyclic) bond motifs is 1. The first kappa shape index (κ1) is 16.2. The van der Waals surface area contributed by atoms with Gasteiger partial charge in [-0.25, -0.2) is 4.39 Å². The molecule has 0 spiro atoms. The van der Waals surface area contributed by atoms with Crippen LogP contribution < -0.4 is 4.90 Å². The van der Waals surface area contributed by atoms with Gasteiger partial charge in [0.2, 0.25) is 0 Å². The van der Waals surface area contributed by atoms with Crippen LogP contribution in [0.3, 0.4) is 0 Å². The molecule has 2 aromatic rings. The highest BCUT2D eigenvalue weighted by molar-refractivity contribution is 6.15. The van der Waals surface area contributed by atoms with Crippen molar-refractivity contribution in [1.29, 1.82) is 0 Å². The molecule has 0 saturated heterocycles. The number of hydrogen-bond donors (Lipinski definition) is 1. The highest BCUT2D eigenvalue weighted by Crippen LogP contribution is 2.33. The van der Waals surface area contributed by atoms with E-state index in [-0.39, 0.29) is 11.9 Å². The molecule has 0 saturated carbocycles. The quantitative estimate of drug-likeness (QED) is 0.670. The summed E-state index contributed by atoms with van der Waals surface area (Å²) in [7, 11) is 0. The number of anilines is 1. The minimum absolute atomic E-state index is 0.144. The number of nitrogens with zero attached hydrogens (tertiary/aromatic N) is 2. The van der Waals surface area contributed by atoms with Crippen molar-refractivity contribution in [2.45, 2.75) is 32.7 Å². The molecule has 124 valence electrons. The highest BCUT2D eigenvalue weighted by Gasteiger charge is 2.32. The first-order valence-corrected chi connectivity index (χ1v) is 7.98. The molecule has 0 aromatic heterocycles. The van der Waals surface area contributed by atoms with Crippen molar-refractivity contribution in [2.75, 3.05) is 4.90 Å². The second-order valence-corrected chi connectivity index (χ2v) is 5.99. The number of halogens is 1. The standard InChI is InChI=1S/C19H19FN2O2/c1-3-13-4-6-14(7-5-13)19(23)22-12(2)10-17(21-24)16-11-15(20)8-9-18(16)22/h4-9,11-12,24H,3,10H2,1-2H3/b21-17+. The Balaban J connectivity index is 2.04. The third kappa shape index (κ3) is 2.77. The van der Waals surface area contributed by atoms with Gasteiger partial charge in [0.1, 0.15) is 5.82 Å². The summed E-state index contributed by atoms with van der Waals surface area (Å²) in [5, 5.41) is 12.5. The van der Waals surface area contributed by atoms with Gasteiger partial charge in [0, 0.05) is 23.6 Å². The number of oxime groups is 1. The molecule has 1 aliphatic rings. The summed E-state index contributed by atoms with van der Waals surface area (Å²) in [6.45, 7) is 3.94. The number of carbonyl (C=O) groups is 1. The molecule has 0 fully saturated rings. The fourth-order valence-electron chi connectivity index (χ4n) is 3.09. The summed E-state index contributed by atoms with van der Waals surface area (Å²) in [6, 6.07) is 11.5. The van der Waals surface area contributed by atoms with Crippen molar-refractivity contribution in [1.82, 2.24) is 0 Å². The molecule has 4 nitrogen and oxygen atoms in total. The summed E-state index contributed by atoms with van der Waals surface area (Å²) in [6.07, 6.45) is 1.28. The van der Waals surface area contributed by atoms with Gasteiger partial charge in [0.05, 0.1) is 11.4 Å². The molecule has 0 radical (unpaired) electrons. The van der Waals surface area contributed by atoms with E-state index in [1.165, 1.54) is 12.1 Å². The fourth-order valence-corrected chi connectivity index (χ4v) is 3.09. The second-order valence-electron chi connectivity index (χ2n) is 5.99. The summed E-state index contributed by atoms with van der Waals surface area (Å²) in [5.74, 6) is -0.570. The molecule has 0 bridgehead atoms. The zero-order valence-corrected chi connectivity index (χ0v) is 13.7. The molecule has 1 unspecified atom stereocenters. The molecule has 2 aromatic carbocycles. The van der Waals surface area contributed by atoms with Crippen LogP contribution in [-0.2, 0) is 6.42 Å². The van der Waals surface area contributed by atoms with Gasteiger partial charge < -0.3 is 10.1 Å². The van der Waals surface area contributed by atoms with Crippen molar-refractivity contribution in [3.05, 3.63) is 65.0 Å². The van der Waals surface area contributed by atoms with Crippen LogP contribution in [0.15, 0.2) is 47.6 Å². The van der Waals surface area contributed by atoms with Gasteiger partial charge in [-0.1, -0.05) is 24.2 Å². The average Bonchev–Trinajstić information content (AvgIpc) is 2.61. The van der Waals surface area contributed by atoms with Crippen LogP contribution in [0.25, 0.3) is 0 Å². The monoisotopic (exact) mass is 326 g/mol. The van der Waals surface area contributed by atoms with Gasteiger partial charge in [0.25, 0.3) is 5.91 Å². The molecule has 1 aliphatic heterocycles. The average molecular weight is 326 g/mol. The van der Waals surface area contributed by atoms with E-state index < -0.39 is 5.82 Å². The van der Waals surface area contributed by atoms with Crippen LogP contribution in [0.5, 0.6) is 0 Å². The van der Waals surface area contributed by atoms with Crippen LogP contribution in [0.4, 0.5) is 10.1 Å². The van der Waals surface area contributed by atoms with Gasteiger partial charge in [0.15, 0.2) is 0 Å². The third-order valence-electron chi connectivity index (χ3n) is 4.41. The van der Waals surface area contributed by atoms with Crippen molar-refractivity contribution in [3.8, 4) is 0 Å². The summed E-state index contributed by atoms with van der Waals surface area (Å²) >= 11 is 0. The smallest absolute Gasteiger partial charge is 0.258 e. The Kier molecular flexibility index (Phi) is 4.34. The van der Waals surface area contributed by atoms with Crippen LogP contribution >= 0.6 is 0 Å². The molecule has 1 amide bonds. The summed E-state index contributed by atoms with van der Waals surface area (Å²) < 4.78 is 13.6. The number of carbonyl (C=O) groups excluding carboxylic acids is 1. The Hall–Kier alpha value is -2.69. The Bertz CT molecular complexity index is 800. The van der Waals surface area contributed by atoms with E-state index in [1.807, 2.05) is 31.2 Å². The lowest BCUT2D eigenvalue weighted by molar-refractivity contribution is 0.0978. The van der Waals surface area contributed by atoms with Crippen molar-refractivity contribution >= 4 is 17.3 Å². The molecule has 5 heteroatoms. The maximum atomic E-state index is 13.6. The molecule has 1 N–H and O–H groups in total. The molecule has 24 heavy (non-hydrogen) atoms. The zero-order chi connectivity index (χ0) is 17.3. The largest absolute Gasteiger partial charge is 0.411 e. The number of aryl methyl sites for hydroxylation is 1. The summed E-state index contributed by atoms with van der Waals surface area (Å²) in [5.41, 5.74) is 3.15. The topological polar surface area (TPSA) is 52.9 Å². The van der Waals surface area contributed by atoms with Crippen molar-refractivity contribution in [3.63, 3.8) is 0 Å². The van der Waals surface area contributed by atoms with E-state index in [4.69, 9.17) is 0 Å². The molecular weight excluding hydrogens is 307 g/mol. The molecule has 0 aliphatic carbocycles. The molecule has 1 heterocycles. The maximum absolute atomic E-state index is 13.6. The lowest BCUT2D eigenvalue weighted by Crippen LogP contribution is -2.44. The van der Waals surface area contributed by atoms with Gasteiger partial charge in [-0.2, -0.15) is 0 Å². The number of rotatable bonds is 2.